The van der Waals surface area contributed by atoms with Crippen molar-refractivity contribution in [3.63, 3.8) is 0 Å². The molecule has 2 aliphatic rings. The fourth-order valence-corrected chi connectivity index (χ4v) is 4.74. The van der Waals surface area contributed by atoms with Crippen molar-refractivity contribution in [2.45, 2.75) is 19.0 Å². The fraction of sp³-hybridized carbons (Fsp3) is 0.300. The lowest BCUT2D eigenvalue weighted by Gasteiger charge is -2.40. The molecule has 4 heterocycles. The Morgan fingerprint density at radius 2 is 2.10 bits per heavy atom. The van der Waals surface area contributed by atoms with Gasteiger partial charge in [-0.05, 0) is 11.6 Å². The Hall–Kier alpha value is -3.18. The average molecular weight is 446 g/mol. The molecular formula is C20H16F2N4O4S. The third-order valence-electron chi connectivity index (χ3n) is 5.41. The van der Waals surface area contributed by atoms with Crippen LogP contribution in [-0.4, -0.2) is 56.5 Å². The molecule has 5 rings (SSSR count). The molecule has 1 saturated heterocycles. The number of aromatic hydroxyl groups is 1. The normalized spacial score (nSPS) is 18.1. The van der Waals surface area contributed by atoms with Crippen LogP contribution in [0, 0.1) is 11.6 Å². The summed E-state index contributed by atoms with van der Waals surface area (Å²) in [4.78, 5) is 27.2. The fourth-order valence-electron chi connectivity index (χ4n) is 3.87. The van der Waals surface area contributed by atoms with Gasteiger partial charge in [-0.15, -0.1) is 10.2 Å². The summed E-state index contributed by atoms with van der Waals surface area (Å²) < 4.78 is 34.0. The number of carbonyl (C=O) groups is 1. The van der Waals surface area contributed by atoms with Crippen LogP contribution in [0.5, 0.6) is 5.75 Å². The maximum absolute atomic E-state index is 13.9. The Balaban J connectivity index is 1.50. The summed E-state index contributed by atoms with van der Waals surface area (Å²) in [6.07, 6.45) is 1.57. The highest BCUT2D eigenvalue weighted by atomic mass is 32.1. The molecule has 3 aromatic rings. The van der Waals surface area contributed by atoms with Crippen molar-refractivity contribution >= 4 is 17.2 Å². The van der Waals surface area contributed by atoms with Gasteiger partial charge in [-0.1, -0.05) is 17.4 Å². The van der Waals surface area contributed by atoms with Crippen molar-refractivity contribution in [2.24, 2.45) is 0 Å². The molecule has 11 heteroatoms. The first-order valence-electron chi connectivity index (χ1n) is 9.54. The molecule has 0 radical (unpaired) electrons. The number of amides is 1. The number of morpholine rings is 1. The van der Waals surface area contributed by atoms with E-state index in [1.807, 2.05) is 0 Å². The van der Waals surface area contributed by atoms with Gasteiger partial charge in [0.25, 0.3) is 5.91 Å². The first kappa shape index (κ1) is 19.8. The average Bonchev–Trinajstić information content (AvgIpc) is 3.21. The molecule has 1 atom stereocenters. The van der Waals surface area contributed by atoms with Crippen LogP contribution in [0.2, 0.25) is 0 Å². The van der Waals surface area contributed by atoms with Gasteiger partial charge in [0.15, 0.2) is 16.5 Å². The maximum atomic E-state index is 13.9. The third-order valence-corrected chi connectivity index (χ3v) is 6.37. The monoisotopic (exact) mass is 446 g/mol. The van der Waals surface area contributed by atoms with Gasteiger partial charge < -0.3 is 19.3 Å². The topological polar surface area (TPSA) is 97.5 Å². The van der Waals surface area contributed by atoms with E-state index < -0.39 is 28.7 Å². The zero-order chi connectivity index (χ0) is 21.7. The Kier molecular flexibility index (Phi) is 4.78. The zero-order valence-electron chi connectivity index (χ0n) is 16.0. The molecule has 1 amide bonds. The lowest BCUT2D eigenvalue weighted by Crippen LogP contribution is -2.54. The highest BCUT2D eigenvalue weighted by Crippen LogP contribution is 2.30. The molecule has 31 heavy (non-hydrogen) atoms. The van der Waals surface area contributed by atoms with Gasteiger partial charge in [0, 0.05) is 31.8 Å². The van der Waals surface area contributed by atoms with Crippen LogP contribution < -0.4 is 5.43 Å². The zero-order valence-corrected chi connectivity index (χ0v) is 16.9. The summed E-state index contributed by atoms with van der Waals surface area (Å²) in [6.45, 7) is 1.56. The smallest absolute Gasteiger partial charge is 0.274 e. The van der Waals surface area contributed by atoms with E-state index in [9.17, 15) is 23.5 Å². The van der Waals surface area contributed by atoms with Gasteiger partial charge in [-0.25, -0.2) is 8.78 Å². The number of hydrogen-bond donors (Lipinski definition) is 1. The van der Waals surface area contributed by atoms with Crippen LogP contribution in [0.4, 0.5) is 8.78 Å². The van der Waals surface area contributed by atoms with Crippen molar-refractivity contribution in [3.05, 3.63) is 62.5 Å². The Labute approximate surface area is 178 Å². The summed E-state index contributed by atoms with van der Waals surface area (Å²) in [6, 6.07) is 3.09. The number of carbonyl (C=O) groups excluding carboxylic acids is 1. The number of ether oxygens (including phenoxy) is 1. The molecule has 2 aromatic heterocycles. The molecular weight excluding hydrogens is 430 g/mol. The third kappa shape index (κ3) is 3.39. The number of halogens is 2. The van der Waals surface area contributed by atoms with Crippen LogP contribution in [0.1, 0.15) is 21.1 Å². The Morgan fingerprint density at radius 1 is 1.26 bits per heavy atom. The van der Waals surface area contributed by atoms with Gasteiger partial charge in [0.1, 0.15) is 16.6 Å². The van der Waals surface area contributed by atoms with Crippen molar-refractivity contribution in [1.82, 2.24) is 19.7 Å². The quantitative estimate of drug-likeness (QED) is 0.659. The van der Waals surface area contributed by atoms with E-state index in [1.165, 1.54) is 12.3 Å². The molecule has 160 valence electrons. The first-order valence-corrected chi connectivity index (χ1v) is 10.4. The molecule has 1 unspecified atom stereocenters. The molecule has 0 aliphatic carbocycles. The maximum Gasteiger partial charge on any atom is 0.274 e. The lowest BCUT2D eigenvalue weighted by atomic mass is 10.1. The number of aromatic nitrogens is 3. The van der Waals surface area contributed by atoms with Gasteiger partial charge in [-0.2, -0.15) is 0 Å². The van der Waals surface area contributed by atoms with Crippen LogP contribution >= 0.6 is 11.3 Å². The number of benzene rings is 1. The summed E-state index contributed by atoms with van der Waals surface area (Å²) in [5, 5.41) is 19.2. The Morgan fingerprint density at radius 3 is 2.90 bits per heavy atom. The van der Waals surface area contributed by atoms with Gasteiger partial charge in [0.05, 0.1) is 24.8 Å². The summed E-state index contributed by atoms with van der Waals surface area (Å²) in [5.41, 5.74) is -0.424. The molecule has 2 aliphatic heterocycles. The van der Waals surface area contributed by atoms with Crippen molar-refractivity contribution in [2.75, 3.05) is 19.8 Å². The predicted molar refractivity (Wildman–Crippen MR) is 106 cm³/mol. The van der Waals surface area contributed by atoms with Gasteiger partial charge in [0.2, 0.25) is 5.43 Å². The van der Waals surface area contributed by atoms with Crippen LogP contribution in [0.15, 0.2) is 29.2 Å². The summed E-state index contributed by atoms with van der Waals surface area (Å²) >= 11 is 1.06. The van der Waals surface area contributed by atoms with Crippen LogP contribution in [0.25, 0.3) is 10.6 Å². The summed E-state index contributed by atoms with van der Waals surface area (Å²) in [5.74, 6) is -2.41. The number of hydrogen-bond acceptors (Lipinski definition) is 7. The second-order valence-electron chi connectivity index (χ2n) is 7.36. The highest BCUT2D eigenvalue weighted by Gasteiger charge is 2.37. The molecule has 0 bridgehead atoms. The minimum atomic E-state index is -0.720. The molecule has 8 nitrogen and oxygen atoms in total. The van der Waals surface area contributed by atoms with Crippen molar-refractivity contribution in [3.8, 4) is 16.3 Å². The van der Waals surface area contributed by atoms with Gasteiger partial charge >= 0.3 is 0 Å². The predicted octanol–water partition coefficient (Wildman–Crippen LogP) is 1.80. The SMILES string of the molecule is O=C1c2c(O)c(=O)c(-c3nnc(Cc4ccc(F)cc4F)s3)cn2CC2COCCN12. The van der Waals surface area contributed by atoms with E-state index in [2.05, 4.69) is 10.2 Å². The van der Waals surface area contributed by atoms with E-state index in [1.54, 1.807) is 9.47 Å². The second kappa shape index (κ2) is 7.50. The number of fused-ring (bicyclic) bond motifs is 2. The van der Waals surface area contributed by atoms with Gasteiger partial charge in [-0.3, -0.25) is 9.59 Å². The highest BCUT2D eigenvalue weighted by molar-refractivity contribution is 7.14. The summed E-state index contributed by atoms with van der Waals surface area (Å²) in [7, 11) is 0. The molecule has 0 spiro atoms. The second-order valence-corrected chi connectivity index (χ2v) is 8.42. The van der Waals surface area contributed by atoms with Crippen LogP contribution in [0.3, 0.4) is 0 Å². The van der Waals surface area contributed by atoms with E-state index in [4.69, 9.17) is 4.74 Å². The molecule has 1 aromatic carbocycles. The van der Waals surface area contributed by atoms with E-state index in [0.717, 1.165) is 23.5 Å². The number of nitrogens with zero attached hydrogens (tertiary/aromatic N) is 4. The first-order chi connectivity index (χ1) is 14.9. The van der Waals surface area contributed by atoms with E-state index in [-0.39, 0.29) is 34.3 Å². The minimum Gasteiger partial charge on any atom is -0.503 e. The molecule has 1 fully saturated rings. The Bertz CT molecular complexity index is 1260. The standard InChI is InChI=1S/C20H16F2N4O4S/c21-11-2-1-10(14(22)6-11)5-15-23-24-19(31-15)13-8-25-7-12-9-30-4-3-26(12)20(29)16(25)18(28)17(13)27/h1-2,6,8,12,28H,3-5,7,9H2. The largest absolute Gasteiger partial charge is 0.503 e. The molecule has 1 N–H and O–H groups in total. The number of pyridine rings is 1. The minimum absolute atomic E-state index is 0.0509. The molecule has 0 saturated carbocycles. The number of rotatable bonds is 3. The van der Waals surface area contributed by atoms with Crippen molar-refractivity contribution in [1.29, 1.82) is 0 Å². The van der Waals surface area contributed by atoms with Crippen molar-refractivity contribution < 1.29 is 23.4 Å². The van der Waals surface area contributed by atoms with Crippen LogP contribution in [-0.2, 0) is 17.7 Å². The lowest BCUT2D eigenvalue weighted by molar-refractivity contribution is -0.0140. The van der Waals surface area contributed by atoms with E-state index in [0.29, 0.717) is 31.3 Å². The van der Waals surface area contributed by atoms with E-state index >= 15 is 0 Å².